The fourth-order valence-corrected chi connectivity index (χ4v) is 6.73. The number of phosphoric ester groups is 1. The summed E-state index contributed by atoms with van der Waals surface area (Å²) in [5, 5.41) is 0. The summed E-state index contributed by atoms with van der Waals surface area (Å²) < 4.78 is 34.3. The van der Waals surface area contributed by atoms with Crippen LogP contribution in [0.3, 0.4) is 0 Å². The van der Waals surface area contributed by atoms with Crippen LogP contribution in [0.5, 0.6) is 0 Å². The zero-order valence-electron chi connectivity index (χ0n) is 35.7. The van der Waals surface area contributed by atoms with E-state index in [9.17, 15) is 19.0 Å². The van der Waals surface area contributed by atoms with Gasteiger partial charge in [-0.3, -0.25) is 18.6 Å². The SMILES string of the molecule is CCCCC/C=C/C/C=C/CCCCCCCC(=O)O[C@H](COC(=O)CCCCCCCCCCCCCCCCC)COP(=O)(O)OCC[N+](C)(C)C. The van der Waals surface area contributed by atoms with Crippen molar-refractivity contribution in [1.82, 2.24) is 0 Å². The summed E-state index contributed by atoms with van der Waals surface area (Å²) in [5.74, 6) is -0.808. The first kappa shape index (κ1) is 52.5. The molecule has 9 nitrogen and oxygen atoms in total. The molecule has 0 aromatic rings. The highest BCUT2D eigenvalue weighted by atomic mass is 31.2. The van der Waals surface area contributed by atoms with Crippen molar-refractivity contribution in [3.63, 3.8) is 0 Å². The molecule has 1 N–H and O–H groups in total. The zero-order chi connectivity index (χ0) is 40.0. The summed E-state index contributed by atoms with van der Waals surface area (Å²) in [5.41, 5.74) is 0. The molecule has 0 bridgehead atoms. The normalized spacial score (nSPS) is 13.8. The first-order valence-corrected chi connectivity index (χ1v) is 23.6. The summed E-state index contributed by atoms with van der Waals surface area (Å²) >= 11 is 0. The van der Waals surface area contributed by atoms with E-state index in [-0.39, 0.29) is 25.6 Å². The summed E-state index contributed by atoms with van der Waals surface area (Å²) in [6.45, 7) is 4.39. The van der Waals surface area contributed by atoms with Crippen molar-refractivity contribution in [1.29, 1.82) is 0 Å². The lowest BCUT2D eigenvalue weighted by atomic mass is 10.0. The Morgan fingerprint density at radius 1 is 0.574 bits per heavy atom. The summed E-state index contributed by atoms with van der Waals surface area (Å²) in [7, 11) is 1.47. The van der Waals surface area contributed by atoms with Gasteiger partial charge in [-0.2, -0.15) is 0 Å². The van der Waals surface area contributed by atoms with Crippen molar-refractivity contribution in [2.24, 2.45) is 0 Å². The molecule has 0 aliphatic carbocycles. The Labute approximate surface area is 332 Å². The number of phosphoric acid groups is 1. The van der Waals surface area contributed by atoms with Crippen molar-refractivity contribution in [3.8, 4) is 0 Å². The van der Waals surface area contributed by atoms with Crippen LogP contribution >= 0.6 is 7.82 Å². The molecule has 0 aliphatic heterocycles. The highest BCUT2D eigenvalue weighted by Crippen LogP contribution is 2.43. The number of hydrogen-bond donors (Lipinski definition) is 1. The average Bonchev–Trinajstić information content (AvgIpc) is 3.12. The van der Waals surface area contributed by atoms with Gasteiger partial charge in [0.25, 0.3) is 0 Å². The molecular formula is C44H85NO8P+. The maximum Gasteiger partial charge on any atom is 0.472 e. The van der Waals surface area contributed by atoms with E-state index < -0.39 is 26.5 Å². The van der Waals surface area contributed by atoms with Crippen molar-refractivity contribution in [2.75, 3.05) is 47.5 Å². The molecule has 0 saturated carbocycles. The number of carbonyl (C=O) groups is 2. The van der Waals surface area contributed by atoms with E-state index in [2.05, 4.69) is 38.2 Å². The van der Waals surface area contributed by atoms with Crippen LogP contribution in [0.4, 0.5) is 0 Å². The van der Waals surface area contributed by atoms with Gasteiger partial charge in [0.1, 0.15) is 19.8 Å². The summed E-state index contributed by atoms with van der Waals surface area (Å²) in [6.07, 6.45) is 39.3. The van der Waals surface area contributed by atoms with Crippen LogP contribution in [0.25, 0.3) is 0 Å². The van der Waals surface area contributed by atoms with Gasteiger partial charge in [-0.05, 0) is 44.9 Å². The molecule has 0 aromatic heterocycles. The predicted molar refractivity (Wildman–Crippen MR) is 224 cm³/mol. The van der Waals surface area contributed by atoms with Gasteiger partial charge >= 0.3 is 19.8 Å². The highest BCUT2D eigenvalue weighted by Gasteiger charge is 2.27. The van der Waals surface area contributed by atoms with Gasteiger partial charge in [0.2, 0.25) is 0 Å². The third-order valence-corrected chi connectivity index (χ3v) is 10.5. The second-order valence-corrected chi connectivity index (χ2v) is 17.5. The van der Waals surface area contributed by atoms with Crippen molar-refractivity contribution < 1.29 is 42.1 Å². The van der Waals surface area contributed by atoms with Crippen LogP contribution in [0, 0.1) is 0 Å². The fraction of sp³-hybridized carbons (Fsp3) is 0.864. The van der Waals surface area contributed by atoms with E-state index >= 15 is 0 Å². The largest absolute Gasteiger partial charge is 0.472 e. The number of nitrogens with zero attached hydrogens (tertiary/aromatic N) is 1. The van der Waals surface area contributed by atoms with E-state index in [1.807, 2.05) is 21.1 Å². The topological polar surface area (TPSA) is 108 Å². The Morgan fingerprint density at radius 3 is 1.50 bits per heavy atom. The summed E-state index contributed by atoms with van der Waals surface area (Å²) in [6, 6.07) is 0. The molecule has 0 amide bonds. The number of quaternary nitrogens is 1. The van der Waals surface area contributed by atoms with E-state index in [1.165, 1.54) is 103 Å². The van der Waals surface area contributed by atoms with Crippen LogP contribution < -0.4 is 0 Å². The molecule has 0 rings (SSSR count). The molecule has 54 heavy (non-hydrogen) atoms. The minimum Gasteiger partial charge on any atom is -0.462 e. The maximum atomic E-state index is 12.7. The smallest absolute Gasteiger partial charge is 0.462 e. The Bertz CT molecular complexity index is 980. The number of ether oxygens (including phenoxy) is 2. The van der Waals surface area contributed by atoms with Crippen molar-refractivity contribution in [2.45, 2.75) is 200 Å². The third kappa shape index (κ3) is 40.2. The first-order chi connectivity index (χ1) is 26.0. The second-order valence-electron chi connectivity index (χ2n) is 16.1. The van der Waals surface area contributed by atoms with Gasteiger partial charge in [-0.25, -0.2) is 4.57 Å². The van der Waals surface area contributed by atoms with Crippen LogP contribution in [0.2, 0.25) is 0 Å². The Balaban J connectivity index is 4.37. The monoisotopic (exact) mass is 787 g/mol. The van der Waals surface area contributed by atoms with Crippen LogP contribution in [0.15, 0.2) is 24.3 Å². The maximum absolute atomic E-state index is 12.7. The minimum atomic E-state index is -4.37. The van der Waals surface area contributed by atoms with Gasteiger partial charge in [-0.1, -0.05) is 160 Å². The quantitative estimate of drug-likeness (QED) is 0.0215. The predicted octanol–water partition coefficient (Wildman–Crippen LogP) is 12.4. The van der Waals surface area contributed by atoms with Gasteiger partial charge in [0.05, 0.1) is 27.7 Å². The molecular weight excluding hydrogens is 701 g/mol. The minimum absolute atomic E-state index is 0.0306. The number of likely N-dealkylation sites (N-methyl/N-ethyl adjacent to an activating group) is 1. The number of allylic oxidation sites excluding steroid dienone is 4. The molecule has 0 heterocycles. The number of unbranched alkanes of at least 4 members (excludes halogenated alkanes) is 22. The van der Waals surface area contributed by atoms with Crippen molar-refractivity contribution in [3.05, 3.63) is 24.3 Å². The lowest BCUT2D eigenvalue weighted by Crippen LogP contribution is -2.37. The van der Waals surface area contributed by atoms with E-state index in [0.717, 1.165) is 57.8 Å². The fourth-order valence-electron chi connectivity index (χ4n) is 5.99. The van der Waals surface area contributed by atoms with Crippen molar-refractivity contribution >= 4 is 19.8 Å². The highest BCUT2D eigenvalue weighted by molar-refractivity contribution is 7.47. The second kappa shape index (κ2) is 37.1. The molecule has 0 spiro atoms. The lowest BCUT2D eigenvalue weighted by molar-refractivity contribution is -0.870. The number of hydrogen-bond acceptors (Lipinski definition) is 7. The Morgan fingerprint density at radius 2 is 1.00 bits per heavy atom. The molecule has 318 valence electrons. The molecule has 1 unspecified atom stereocenters. The number of carbonyl (C=O) groups excluding carboxylic acids is 2. The Kier molecular flexibility index (Phi) is 36.1. The zero-order valence-corrected chi connectivity index (χ0v) is 36.6. The first-order valence-electron chi connectivity index (χ1n) is 22.1. The number of rotatable bonds is 40. The van der Waals surface area contributed by atoms with Crippen LogP contribution in [-0.2, 0) is 32.7 Å². The van der Waals surface area contributed by atoms with Crippen LogP contribution in [0.1, 0.15) is 194 Å². The van der Waals surface area contributed by atoms with E-state index in [0.29, 0.717) is 23.9 Å². The van der Waals surface area contributed by atoms with Gasteiger partial charge in [0.15, 0.2) is 6.10 Å². The van der Waals surface area contributed by atoms with Gasteiger partial charge in [-0.15, -0.1) is 0 Å². The standard InChI is InChI=1S/C44H84NO8P/c1-6-8-10-12-14-16-18-20-22-24-26-28-30-32-34-36-43(46)50-40-42(41-52-54(48,49)51-39-38-45(3,4)5)53-44(47)37-35-33-31-29-27-25-23-21-19-17-15-13-11-9-7-2/h15,17,21,23,42H,6-14,16,18-20,22,24-41H2,1-5H3/p+1/b17-15+,23-21+/t42-/m1/s1. The molecule has 0 saturated heterocycles. The molecule has 0 aromatic carbocycles. The van der Waals surface area contributed by atoms with Gasteiger partial charge in [0, 0.05) is 12.8 Å². The van der Waals surface area contributed by atoms with Crippen LogP contribution in [-0.4, -0.2) is 74.9 Å². The molecule has 0 radical (unpaired) electrons. The molecule has 2 atom stereocenters. The molecule has 10 heteroatoms. The lowest BCUT2D eigenvalue weighted by Gasteiger charge is -2.24. The Hall–Kier alpha value is -1.51. The van der Waals surface area contributed by atoms with E-state index in [4.69, 9.17) is 18.5 Å². The molecule has 0 aliphatic rings. The average molecular weight is 787 g/mol. The number of esters is 2. The van der Waals surface area contributed by atoms with Gasteiger partial charge < -0.3 is 18.9 Å². The van der Waals surface area contributed by atoms with E-state index in [1.54, 1.807) is 0 Å². The summed E-state index contributed by atoms with van der Waals surface area (Å²) in [4.78, 5) is 35.3. The molecule has 0 fully saturated rings. The third-order valence-electron chi connectivity index (χ3n) is 9.48.